The van der Waals surface area contributed by atoms with Gasteiger partial charge in [-0.15, -0.1) is 0 Å². The maximum absolute atomic E-state index is 12.5. The molecule has 5 heteroatoms. The Hall–Kier alpha value is -1.36. The fourth-order valence-electron chi connectivity index (χ4n) is 2.89. The van der Waals surface area contributed by atoms with Gasteiger partial charge in [0.05, 0.1) is 11.7 Å². The van der Waals surface area contributed by atoms with Gasteiger partial charge >= 0.3 is 0 Å². The van der Waals surface area contributed by atoms with Gasteiger partial charge in [0.2, 0.25) is 5.91 Å². The van der Waals surface area contributed by atoms with E-state index in [1.54, 1.807) is 0 Å². The summed E-state index contributed by atoms with van der Waals surface area (Å²) < 4.78 is 0. The number of hydrogen-bond acceptors (Lipinski definition) is 3. The molecule has 0 bridgehead atoms. The molecule has 1 aliphatic rings. The molecular weight excluding hydrogens is 264 g/mol. The number of hydrogen-bond donors (Lipinski definition) is 1. The van der Waals surface area contributed by atoms with E-state index in [2.05, 4.69) is 42.6 Å². The molecule has 1 N–H and O–H groups in total. The normalized spacial score (nSPS) is 20.6. The summed E-state index contributed by atoms with van der Waals surface area (Å²) in [5, 5.41) is 0. The van der Waals surface area contributed by atoms with Crippen molar-refractivity contribution < 1.29 is 4.79 Å². The Labute approximate surface area is 127 Å². The summed E-state index contributed by atoms with van der Waals surface area (Å²) in [5.41, 5.74) is 2.19. The maximum atomic E-state index is 12.5. The number of nitrogens with one attached hydrogen (secondary N) is 1. The Morgan fingerprint density at radius 1 is 1.38 bits per heavy atom. The van der Waals surface area contributed by atoms with Gasteiger partial charge in [0, 0.05) is 38.3 Å². The molecule has 2 heterocycles. The summed E-state index contributed by atoms with van der Waals surface area (Å²) in [4.78, 5) is 24.6. The molecule has 1 atom stereocenters. The Morgan fingerprint density at radius 3 is 2.67 bits per heavy atom. The van der Waals surface area contributed by atoms with Crippen LogP contribution in [0.4, 0.5) is 0 Å². The predicted octanol–water partition coefficient (Wildman–Crippen LogP) is 1.97. The maximum Gasteiger partial charge on any atom is 0.239 e. The zero-order valence-corrected chi connectivity index (χ0v) is 13.9. The van der Waals surface area contributed by atoms with Crippen molar-refractivity contribution in [1.82, 2.24) is 19.8 Å². The van der Waals surface area contributed by atoms with Gasteiger partial charge in [0.15, 0.2) is 0 Å². The van der Waals surface area contributed by atoms with Crippen molar-refractivity contribution in [2.24, 2.45) is 5.92 Å². The van der Waals surface area contributed by atoms with Crippen LogP contribution < -0.4 is 0 Å². The van der Waals surface area contributed by atoms with E-state index in [0.29, 0.717) is 5.92 Å². The topological polar surface area (TPSA) is 52.2 Å². The lowest BCUT2D eigenvalue weighted by Gasteiger charge is -2.39. The minimum Gasteiger partial charge on any atom is -0.346 e. The molecule has 0 spiro atoms. The smallest absolute Gasteiger partial charge is 0.239 e. The zero-order chi connectivity index (χ0) is 15.6. The Balaban J connectivity index is 2.02. The largest absolute Gasteiger partial charge is 0.346 e. The average Bonchev–Trinajstić information content (AvgIpc) is 2.78. The number of rotatable bonds is 5. The van der Waals surface area contributed by atoms with E-state index in [1.165, 1.54) is 0 Å². The van der Waals surface area contributed by atoms with Gasteiger partial charge in [-0.3, -0.25) is 9.69 Å². The Kier molecular flexibility index (Phi) is 5.04. The summed E-state index contributed by atoms with van der Waals surface area (Å²) >= 11 is 0. The van der Waals surface area contributed by atoms with Gasteiger partial charge in [-0.05, 0) is 19.8 Å². The highest BCUT2D eigenvalue weighted by atomic mass is 16.2. The molecule has 118 valence electrons. The standard InChI is InChI=1S/C16H28N4O/c1-6-15-17-12(4)14(18-15)10-19-7-8-20(9-11(2)3)16(21)13(19)5/h11,13H,6-10H2,1-5H3,(H,17,18)/t13-/m1/s1. The van der Waals surface area contributed by atoms with Crippen LogP contribution in [0.3, 0.4) is 0 Å². The van der Waals surface area contributed by atoms with E-state index >= 15 is 0 Å². The van der Waals surface area contributed by atoms with Crippen LogP contribution in [0, 0.1) is 12.8 Å². The Bertz CT molecular complexity index is 494. The van der Waals surface area contributed by atoms with Crippen LogP contribution in [-0.4, -0.2) is 51.4 Å². The molecule has 2 rings (SSSR count). The highest BCUT2D eigenvalue weighted by molar-refractivity contribution is 5.82. The average molecular weight is 292 g/mol. The van der Waals surface area contributed by atoms with Crippen LogP contribution in [0.1, 0.15) is 44.9 Å². The number of amides is 1. The van der Waals surface area contributed by atoms with E-state index in [4.69, 9.17) is 0 Å². The third kappa shape index (κ3) is 3.64. The summed E-state index contributed by atoms with van der Waals surface area (Å²) in [6, 6.07) is -0.0568. The number of carbonyl (C=O) groups excluding carboxylic acids is 1. The van der Waals surface area contributed by atoms with Gasteiger partial charge in [-0.1, -0.05) is 20.8 Å². The van der Waals surface area contributed by atoms with Crippen LogP contribution >= 0.6 is 0 Å². The molecule has 0 aromatic carbocycles. The number of H-pyrrole nitrogens is 1. The van der Waals surface area contributed by atoms with Gasteiger partial charge in [0.25, 0.3) is 0 Å². The second kappa shape index (κ2) is 6.60. The molecular formula is C16H28N4O. The number of carbonyl (C=O) groups is 1. The highest BCUT2D eigenvalue weighted by Crippen LogP contribution is 2.17. The predicted molar refractivity (Wildman–Crippen MR) is 84.0 cm³/mol. The second-order valence-corrected chi connectivity index (χ2v) is 6.43. The molecule has 0 aliphatic carbocycles. The molecule has 21 heavy (non-hydrogen) atoms. The van der Waals surface area contributed by atoms with Crippen molar-refractivity contribution in [3.05, 3.63) is 17.2 Å². The lowest BCUT2D eigenvalue weighted by atomic mass is 10.1. The first-order chi connectivity index (χ1) is 9.92. The second-order valence-electron chi connectivity index (χ2n) is 6.43. The first kappa shape index (κ1) is 16.0. The van der Waals surface area contributed by atoms with Crippen molar-refractivity contribution in [2.45, 2.75) is 53.6 Å². The van der Waals surface area contributed by atoms with Crippen LogP contribution in [0.15, 0.2) is 0 Å². The van der Waals surface area contributed by atoms with Gasteiger partial charge < -0.3 is 9.88 Å². The van der Waals surface area contributed by atoms with E-state index in [1.807, 2.05) is 11.8 Å². The first-order valence-corrected chi connectivity index (χ1v) is 7.99. The molecule has 1 amide bonds. The Morgan fingerprint density at radius 2 is 2.10 bits per heavy atom. The molecule has 1 saturated heterocycles. The fourth-order valence-corrected chi connectivity index (χ4v) is 2.89. The molecule has 0 saturated carbocycles. The molecule has 0 radical (unpaired) electrons. The number of aromatic nitrogens is 2. The fraction of sp³-hybridized carbons (Fsp3) is 0.750. The van der Waals surface area contributed by atoms with Crippen LogP contribution in [0.5, 0.6) is 0 Å². The van der Waals surface area contributed by atoms with Gasteiger partial charge in [0.1, 0.15) is 5.82 Å². The molecule has 1 aliphatic heterocycles. The molecule has 1 aromatic heterocycles. The van der Waals surface area contributed by atoms with Gasteiger partial charge in [-0.2, -0.15) is 0 Å². The SMILES string of the molecule is CCc1nc(CN2CCN(CC(C)C)C(=O)[C@H]2C)c(C)[nH]1. The number of nitrogens with zero attached hydrogens (tertiary/aromatic N) is 3. The number of imidazole rings is 1. The summed E-state index contributed by atoms with van der Waals surface area (Å²) in [7, 11) is 0. The minimum absolute atomic E-state index is 0.0568. The quantitative estimate of drug-likeness (QED) is 0.902. The molecule has 0 unspecified atom stereocenters. The zero-order valence-electron chi connectivity index (χ0n) is 13.9. The lowest BCUT2D eigenvalue weighted by molar-refractivity contribution is -0.142. The number of piperazine rings is 1. The number of aromatic amines is 1. The van der Waals surface area contributed by atoms with Crippen LogP contribution in [-0.2, 0) is 17.8 Å². The minimum atomic E-state index is -0.0568. The molecule has 5 nitrogen and oxygen atoms in total. The summed E-state index contributed by atoms with van der Waals surface area (Å²) in [6.45, 7) is 13.8. The third-order valence-electron chi connectivity index (χ3n) is 4.18. The van der Waals surface area contributed by atoms with Crippen molar-refractivity contribution in [1.29, 1.82) is 0 Å². The third-order valence-corrected chi connectivity index (χ3v) is 4.18. The van der Waals surface area contributed by atoms with Gasteiger partial charge in [-0.25, -0.2) is 4.98 Å². The van der Waals surface area contributed by atoms with E-state index in [-0.39, 0.29) is 11.9 Å². The molecule has 1 aromatic rings. The summed E-state index contributed by atoms with van der Waals surface area (Å²) in [6.07, 6.45) is 0.914. The van der Waals surface area contributed by atoms with E-state index in [0.717, 1.165) is 49.8 Å². The monoisotopic (exact) mass is 292 g/mol. The van der Waals surface area contributed by atoms with Crippen molar-refractivity contribution in [3.63, 3.8) is 0 Å². The van der Waals surface area contributed by atoms with Crippen LogP contribution in [0.25, 0.3) is 0 Å². The first-order valence-electron chi connectivity index (χ1n) is 7.99. The van der Waals surface area contributed by atoms with Crippen molar-refractivity contribution >= 4 is 5.91 Å². The lowest BCUT2D eigenvalue weighted by Crippen LogP contribution is -2.56. The number of aryl methyl sites for hydroxylation is 2. The van der Waals surface area contributed by atoms with E-state index < -0.39 is 0 Å². The van der Waals surface area contributed by atoms with Crippen LogP contribution in [0.2, 0.25) is 0 Å². The molecule has 1 fully saturated rings. The summed E-state index contributed by atoms with van der Waals surface area (Å²) in [5.74, 6) is 1.80. The highest BCUT2D eigenvalue weighted by Gasteiger charge is 2.32. The van der Waals surface area contributed by atoms with Crippen molar-refractivity contribution in [3.8, 4) is 0 Å². The van der Waals surface area contributed by atoms with Crippen molar-refractivity contribution in [2.75, 3.05) is 19.6 Å². The van der Waals surface area contributed by atoms with E-state index in [9.17, 15) is 4.79 Å².